The molecule has 0 saturated carbocycles. The first kappa shape index (κ1) is 43.4. The number of hydrogen-bond donors (Lipinski definition) is 0. The van der Waals surface area contributed by atoms with Crippen LogP contribution in [0, 0.1) is 0 Å². The van der Waals surface area contributed by atoms with E-state index in [0.29, 0.717) is 0 Å². The number of benzene rings is 9. The van der Waals surface area contributed by atoms with E-state index in [2.05, 4.69) is 287 Å². The normalized spacial score (nSPS) is 11.1. The zero-order valence-electron chi connectivity index (χ0n) is 35.2. The van der Waals surface area contributed by atoms with Crippen LogP contribution in [0.15, 0.2) is 273 Å². The SMILES string of the molecule is CC[P+](c1ccccc1)(c1ccccc1)c1ccccc1.CC[P+](c1ccccc1)(c1ccccc1)c1ccccc1.c1ccc(P(c2ccccc2)c2ccccc2)cc1. The average molecular weight is 845 g/mol. The van der Waals surface area contributed by atoms with Crippen LogP contribution in [-0.4, -0.2) is 12.3 Å². The molecule has 0 atom stereocenters. The molecule has 0 aliphatic heterocycles. The molecule has 0 spiro atoms. The Kier molecular flexibility index (Phi) is 15.8. The van der Waals surface area contributed by atoms with Crippen molar-refractivity contribution in [1.29, 1.82) is 0 Å². The van der Waals surface area contributed by atoms with Gasteiger partial charge in [0.2, 0.25) is 0 Å². The fraction of sp³-hybridized carbons (Fsp3) is 0.0690. The van der Waals surface area contributed by atoms with Crippen molar-refractivity contribution in [3.8, 4) is 0 Å². The molecule has 0 aliphatic rings. The molecule has 9 aromatic rings. The molecular formula is C58H55P3+2. The van der Waals surface area contributed by atoms with Crippen molar-refractivity contribution >= 4 is 70.2 Å². The summed E-state index contributed by atoms with van der Waals surface area (Å²) in [4.78, 5) is 0. The Morgan fingerprint density at radius 1 is 0.230 bits per heavy atom. The van der Waals surface area contributed by atoms with Gasteiger partial charge in [0.05, 0.1) is 12.3 Å². The van der Waals surface area contributed by atoms with Gasteiger partial charge in [0.25, 0.3) is 0 Å². The van der Waals surface area contributed by atoms with Gasteiger partial charge in [-0.1, -0.05) is 200 Å². The lowest BCUT2D eigenvalue weighted by Crippen LogP contribution is -2.32. The zero-order chi connectivity index (χ0) is 42.0. The van der Waals surface area contributed by atoms with Gasteiger partial charge in [-0.15, -0.1) is 0 Å². The van der Waals surface area contributed by atoms with Crippen LogP contribution in [0.3, 0.4) is 0 Å². The molecule has 0 N–H and O–H groups in total. The molecule has 0 nitrogen and oxygen atoms in total. The third-order valence-electron chi connectivity index (χ3n) is 11.2. The van der Waals surface area contributed by atoms with Gasteiger partial charge < -0.3 is 0 Å². The molecule has 300 valence electrons. The van der Waals surface area contributed by atoms with Gasteiger partial charge in [-0.2, -0.15) is 0 Å². The Bertz CT molecular complexity index is 2140. The van der Waals surface area contributed by atoms with Crippen molar-refractivity contribution in [2.75, 3.05) is 12.3 Å². The maximum absolute atomic E-state index is 2.32. The first-order valence-corrected chi connectivity index (χ1v) is 26.5. The summed E-state index contributed by atoms with van der Waals surface area (Å²) in [5, 5.41) is 13.0. The van der Waals surface area contributed by atoms with E-state index in [-0.39, 0.29) is 0 Å². The summed E-state index contributed by atoms with van der Waals surface area (Å²) in [6, 6.07) is 98.3. The van der Waals surface area contributed by atoms with Gasteiger partial charge in [0, 0.05) is 0 Å². The van der Waals surface area contributed by atoms with Crippen molar-refractivity contribution in [1.82, 2.24) is 0 Å². The summed E-state index contributed by atoms with van der Waals surface area (Å²) in [6.07, 6.45) is 2.29. The highest BCUT2D eigenvalue weighted by atomic mass is 31.2. The molecule has 0 fully saturated rings. The van der Waals surface area contributed by atoms with Crippen LogP contribution in [-0.2, 0) is 0 Å². The van der Waals surface area contributed by atoms with E-state index in [0.717, 1.165) is 12.3 Å². The molecule has 0 saturated heterocycles. The van der Waals surface area contributed by atoms with Crippen molar-refractivity contribution in [3.05, 3.63) is 273 Å². The number of hydrogen-bond acceptors (Lipinski definition) is 0. The van der Waals surface area contributed by atoms with E-state index in [1.54, 1.807) is 0 Å². The van der Waals surface area contributed by atoms with E-state index in [1.807, 2.05) is 0 Å². The van der Waals surface area contributed by atoms with Crippen LogP contribution >= 0.6 is 22.4 Å². The van der Waals surface area contributed by atoms with Crippen molar-refractivity contribution in [2.24, 2.45) is 0 Å². The van der Waals surface area contributed by atoms with Crippen LogP contribution in [0.1, 0.15) is 13.8 Å². The van der Waals surface area contributed by atoms with Gasteiger partial charge in [-0.3, -0.25) is 0 Å². The maximum atomic E-state index is 2.32. The first-order chi connectivity index (χ1) is 30.2. The molecule has 61 heavy (non-hydrogen) atoms. The molecule has 3 heteroatoms. The number of rotatable bonds is 11. The summed E-state index contributed by atoms with van der Waals surface area (Å²) >= 11 is 0. The Balaban J connectivity index is 0.000000138. The Labute approximate surface area is 367 Å². The standard InChI is InChI=1S/2C20H20P.C18H15P/c2*1-2-21(18-12-6-3-7-13-18,19-14-8-4-9-15-19)20-16-10-5-11-17-20;1-4-10-16(11-5-1)19(17-12-6-2-7-13-17)18-14-8-3-9-15-18/h2*3-17H,2H2,1H3;1-15H/q2*+1;. The molecular weight excluding hydrogens is 790 g/mol. The maximum Gasteiger partial charge on any atom is 0.111 e. The van der Waals surface area contributed by atoms with Crippen LogP contribution in [0.5, 0.6) is 0 Å². The van der Waals surface area contributed by atoms with Crippen molar-refractivity contribution in [2.45, 2.75) is 13.8 Å². The quantitative estimate of drug-likeness (QED) is 0.114. The highest BCUT2D eigenvalue weighted by Gasteiger charge is 2.44. The molecule has 0 heterocycles. The minimum atomic E-state index is -1.53. The monoisotopic (exact) mass is 844 g/mol. The minimum absolute atomic E-state index is 0.446. The van der Waals surface area contributed by atoms with Gasteiger partial charge in [0.1, 0.15) is 46.4 Å². The summed E-state index contributed by atoms with van der Waals surface area (Å²) < 4.78 is 0. The van der Waals surface area contributed by atoms with E-state index in [9.17, 15) is 0 Å². The largest absolute Gasteiger partial charge is 0.111 e. The van der Waals surface area contributed by atoms with E-state index in [1.165, 1.54) is 47.7 Å². The first-order valence-electron chi connectivity index (χ1n) is 21.3. The Morgan fingerprint density at radius 2 is 0.377 bits per heavy atom. The predicted octanol–water partition coefficient (Wildman–Crippen LogP) is 11.4. The molecule has 0 bridgehead atoms. The lowest BCUT2D eigenvalue weighted by Gasteiger charge is -2.26. The highest BCUT2D eigenvalue weighted by Crippen LogP contribution is 2.55. The zero-order valence-corrected chi connectivity index (χ0v) is 37.9. The van der Waals surface area contributed by atoms with E-state index < -0.39 is 22.4 Å². The Morgan fingerprint density at radius 3 is 0.525 bits per heavy atom. The van der Waals surface area contributed by atoms with Gasteiger partial charge in [-0.05, 0) is 110 Å². The van der Waals surface area contributed by atoms with E-state index in [4.69, 9.17) is 0 Å². The van der Waals surface area contributed by atoms with Crippen LogP contribution in [0.2, 0.25) is 0 Å². The van der Waals surface area contributed by atoms with Crippen LogP contribution in [0.4, 0.5) is 0 Å². The molecule has 0 radical (unpaired) electrons. The average Bonchev–Trinajstić information content (AvgIpc) is 3.36. The van der Waals surface area contributed by atoms with E-state index >= 15 is 0 Å². The van der Waals surface area contributed by atoms with Crippen LogP contribution in [0.25, 0.3) is 0 Å². The molecule has 0 amide bonds. The lowest BCUT2D eigenvalue weighted by molar-refractivity contribution is 1.48. The Hall–Kier alpha value is -5.73. The molecule has 0 aromatic heterocycles. The minimum Gasteiger partial charge on any atom is -0.0622 e. The molecule has 9 rings (SSSR count). The second-order valence-electron chi connectivity index (χ2n) is 14.6. The third kappa shape index (κ3) is 10.3. The van der Waals surface area contributed by atoms with Gasteiger partial charge >= 0.3 is 0 Å². The fourth-order valence-electron chi connectivity index (χ4n) is 8.26. The second kappa shape index (κ2) is 22.2. The van der Waals surface area contributed by atoms with Gasteiger partial charge in [0.15, 0.2) is 0 Å². The molecule has 0 aliphatic carbocycles. The predicted molar refractivity (Wildman–Crippen MR) is 277 cm³/mol. The topological polar surface area (TPSA) is 0 Å². The lowest BCUT2D eigenvalue weighted by atomic mass is 10.4. The highest BCUT2D eigenvalue weighted by molar-refractivity contribution is 7.96. The molecule has 0 unspecified atom stereocenters. The molecule has 9 aromatic carbocycles. The smallest absolute Gasteiger partial charge is 0.0622 e. The summed E-state index contributed by atoms with van der Waals surface area (Å²) in [6.45, 7) is 4.64. The third-order valence-corrected chi connectivity index (χ3v) is 22.6. The van der Waals surface area contributed by atoms with Crippen LogP contribution < -0.4 is 47.7 Å². The second-order valence-corrected chi connectivity index (χ2v) is 24.4. The summed E-state index contributed by atoms with van der Waals surface area (Å²) in [7, 11) is -3.51. The van der Waals surface area contributed by atoms with Gasteiger partial charge in [-0.25, -0.2) is 0 Å². The summed E-state index contributed by atoms with van der Waals surface area (Å²) in [5.74, 6) is 0. The van der Waals surface area contributed by atoms with Crippen molar-refractivity contribution in [3.63, 3.8) is 0 Å². The summed E-state index contributed by atoms with van der Waals surface area (Å²) in [5.41, 5.74) is 0. The van der Waals surface area contributed by atoms with Crippen molar-refractivity contribution < 1.29 is 0 Å². The fourth-order valence-corrected chi connectivity index (χ4v) is 18.6.